The molecule has 2 heterocycles. The van der Waals surface area contributed by atoms with E-state index in [0.29, 0.717) is 17.2 Å². The highest BCUT2D eigenvalue weighted by molar-refractivity contribution is 7.99. The summed E-state index contributed by atoms with van der Waals surface area (Å²) >= 11 is 9.09. The van der Waals surface area contributed by atoms with E-state index in [0.717, 1.165) is 26.4 Å². The molecule has 0 saturated carbocycles. The first-order valence-corrected chi connectivity index (χ1v) is 9.11. The first kappa shape index (κ1) is 16.2. The van der Waals surface area contributed by atoms with Crippen LogP contribution in [0.25, 0.3) is 21.3 Å². The van der Waals surface area contributed by atoms with E-state index in [1.54, 1.807) is 17.7 Å². The van der Waals surface area contributed by atoms with Gasteiger partial charge in [-0.05, 0) is 17.7 Å². The number of aromatic nitrogens is 2. The van der Waals surface area contributed by atoms with E-state index in [1.807, 2.05) is 24.3 Å². The van der Waals surface area contributed by atoms with Crippen molar-refractivity contribution in [2.75, 3.05) is 12.9 Å². The number of nitrogens with zero attached hydrogens (tertiary/aromatic N) is 2. The highest BCUT2D eigenvalue weighted by atomic mass is 35.5. The Bertz CT molecular complexity index is 834. The molecule has 0 N–H and O–H groups in total. The smallest absolute Gasteiger partial charge is 0.306 e. The second kappa shape index (κ2) is 7.29. The van der Waals surface area contributed by atoms with Gasteiger partial charge in [0.05, 0.1) is 18.9 Å². The van der Waals surface area contributed by atoms with Crippen LogP contribution in [-0.2, 0) is 9.53 Å². The van der Waals surface area contributed by atoms with Crippen LogP contribution in [0, 0.1) is 0 Å². The Hall–Kier alpha value is -1.63. The SMILES string of the molecule is COC(=O)CCSc1ncnc2scc(-c3ccc(Cl)cc3)c12. The lowest BCUT2D eigenvalue weighted by Gasteiger charge is -2.05. The van der Waals surface area contributed by atoms with Gasteiger partial charge in [0.15, 0.2) is 0 Å². The number of ether oxygens (including phenoxy) is 1. The number of hydrogen-bond donors (Lipinski definition) is 0. The number of rotatable bonds is 5. The molecule has 0 amide bonds. The van der Waals surface area contributed by atoms with E-state index in [9.17, 15) is 4.79 Å². The van der Waals surface area contributed by atoms with Crippen LogP contribution in [0.4, 0.5) is 0 Å². The van der Waals surface area contributed by atoms with Crippen LogP contribution in [-0.4, -0.2) is 28.8 Å². The maximum absolute atomic E-state index is 11.3. The summed E-state index contributed by atoms with van der Waals surface area (Å²) in [4.78, 5) is 20.9. The van der Waals surface area contributed by atoms with Crippen LogP contribution in [0.5, 0.6) is 0 Å². The summed E-state index contributed by atoms with van der Waals surface area (Å²) in [6.45, 7) is 0. The molecule has 0 radical (unpaired) electrons. The summed E-state index contributed by atoms with van der Waals surface area (Å²) in [5.41, 5.74) is 2.16. The molecule has 0 aliphatic heterocycles. The van der Waals surface area contributed by atoms with Crippen molar-refractivity contribution in [3.8, 4) is 11.1 Å². The topological polar surface area (TPSA) is 52.1 Å². The second-order valence-electron chi connectivity index (χ2n) is 4.69. The first-order valence-electron chi connectivity index (χ1n) is 6.87. The molecule has 0 saturated heterocycles. The Morgan fingerprint density at radius 1 is 1.30 bits per heavy atom. The van der Waals surface area contributed by atoms with Crippen molar-refractivity contribution in [2.24, 2.45) is 0 Å². The molecule has 0 unspecified atom stereocenters. The van der Waals surface area contributed by atoms with Crippen LogP contribution in [0.2, 0.25) is 5.02 Å². The third-order valence-corrected chi connectivity index (χ3v) is 5.39. The van der Waals surface area contributed by atoms with Crippen molar-refractivity contribution in [2.45, 2.75) is 11.4 Å². The van der Waals surface area contributed by atoms with E-state index in [-0.39, 0.29) is 5.97 Å². The number of thiophene rings is 1. The predicted octanol–water partition coefficient (Wildman–Crippen LogP) is 4.67. The molecule has 7 heteroatoms. The lowest BCUT2D eigenvalue weighted by Crippen LogP contribution is -2.01. The average molecular weight is 365 g/mol. The molecule has 1 aromatic carbocycles. The first-order chi connectivity index (χ1) is 11.2. The van der Waals surface area contributed by atoms with Crippen molar-refractivity contribution >= 4 is 50.9 Å². The molecule has 2 aromatic heterocycles. The van der Waals surface area contributed by atoms with Crippen LogP contribution in [0.1, 0.15) is 6.42 Å². The molecule has 23 heavy (non-hydrogen) atoms. The zero-order valence-electron chi connectivity index (χ0n) is 12.3. The molecule has 0 bridgehead atoms. The monoisotopic (exact) mass is 364 g/mol. The molecular weight excluding hydrogens is 352 g/mol. The molecule has 3 aromatic rings. The van der Waals surface area contributed by atoms with Gasteiger partial charge in [-0.2, -0.15) is 0 Å². The number of thioether (sulfide) groups is 1. The standard InChI is InChI=1S/C16H13ClN2O2S2/c1-21-13(20)6-7-22-15-14-12(8-23-16(14)19-9-18-15)10-2-4-11(17)5-3-10/h2-5,8-9H,6-7H2,1H3. The quantitative estimate of drug-likeness (QED) is 0.374. The number of benzene rings is 1. The van der Waals surface area contributed by atoms with Gasteiger partial charge >= 0.3 is 5.97 Å². The van der Waals surface area contributed by atoms with Gasteiger partial charge in [0, 0.05) is 21.7 Å². The van der Waals surface area contributed by atoms with Crippen LogP contribution in [0.15, 0.2) is 41.0 Å². The molecule has 118 valence electrons. The summed E-state index contributed by atoms with van der Waals surface area (Å²) in [6, 6.07) is 7.71. The maximum atomic E-state index is 11.3. The Kier molecular flexibility index (Phi) is 5.15. The van der Waals surface area contributed by atoms with Gasteiger partial charge in [0.1, 0.15) is 16.2 Å². The van der Waals surface area contributed by atoms with Crippen molar-refractivity contribution in [3.05, 3.63) is 41.0 Å². The Morgan fingerprint density at radius 3 is 2.83 bits per heavy atom. The fourth-order valence-electron chi connectivity index (χ4n) is 2.13. The van der Waals surface area contributed by atoms with Gasteiger partial charge in [-0.3, -0.25) is 4.79 Å². The van der Waals surface area contributed by atoms with Gasteiger partial charge in [0.25, 0.3) is 0 Å². The van der Waals surface area contributed by atoms with E-state index in [2.05, 4.69) is 20.1 Å². The summed E-state index contributed by atoms with van der Waals surface area (Å²) in [7, 11) is 1.40. The highest BCUT2D eigenvalue weighted by Gasteiger charge is 2.14. The molecule has 0 atom stereocenters. The third kappa shape index (κ3) is 3.65. The fraction of sp³-hybridized carbons (Fsp3) is 0.188. The number of fused-ring (bicyclic) bond motifs is 1. The van der Waals surface area contributed by atoms with E-state index >= 15 is 0 Å². The number of halogens is 1. The van der Waals surface area contributed by atoms with Gasteiger partial charge in [-0.1, -0.05) is 23.7 Å². The normalized spacial score (nSPS) is 10.9. The van der Waals surface area contributed by atoms with Crippen molar-refractivity contribution in [1.29, 1.82) is 0 Å². The van der Waals surface area contributed by atoms with Crippen LogP contribution >= 0.6 is 34.7 Å². The van der Waals surface area contributed by atoms with E-state index < -0.39 is 0 Å². The second-order valence-corrected chi connectivity index (χ2v) is 7.07. The molecule has 0 fully saturated rings. The zero-order valence-corrected chi connectivity index (χ0v) is 14.7. The number of esters is 1. The minimum absolute atomic E-state index is 0.217. The summed E-state index contributed by atoms with van der Waals surface area (Å²) in [5, 5.41) is 4.68. The largest absolute Gasteiger partial charge is 0.469 e. The van der Waals surface area contributed by atoms with Crippen LogP contribution in [0.3, 0.4) is 0 Å². The molecule has 4 nitrogen and oxygen atoms in total. The van der Waals surface area contributed by atoms with Crippen molar-refractivity contribution in [1.82, 2.24) is 9.97 Å². The fourth-order valence-corrected chi connectivity index (χ4v) is 4.17. The highest BCUT2D eigenvalue weighted by Crippen LogP contribution is 2.38. The molecule has 0 spiro atoms. The molecule has 0 aliphatic rings. The van der Waals surface area contributed by atoms with Gasteiger partial charge in [-0.15, -0.1) is 23.1 Å². The molecule has 0 aliphatic carbocycles. The number of carbonyl (C=O) groups is 1. The number of hydrogen-bond acceptors (Lipinski definition) is 6. The third-order valence-electron chi connectivity index (χ3n) is 3.26. The lowest BCUT2D eigenvalue weighted by atomic mass is 10.1. The molecular formula is C16H13ClN2O2S2. The van der Waals surface area contributed by atoms with Gasteiger partial charge in [0.2, 0.25) is 0 Å². The minimum Gasteiger partial charge on any atom is -0.469 e. The maximum Gasteiger partial charge on any atom is 0.306 e. The van der Waals surface area contributed by atoms with E-state index in [1.165, 1.54) is 18.9 Å². The Labute approximate surface area is 146 Å². The van der Waals surface area contributed by atoms with Gasteiger partial charge < -0.3 is 4.74 Å². The number of methoxy groups -OCH3 is 1. The zero-order chi connectivity index (χ0) is 16.2. The summed E-state index contributed by atoms with van der Waals surface area (Å²) in [6.07, 6.45) is 1.91. The lowest BCUT2D eigenvalue weighted by molar-refractivity contribution is -0.140. The van der Waals surface area contributed by atoms with Crippen molar-refractivity contribution < 1.29 is 9.53 Å². The Morgan fingerprint density at radius 2 is 2.09 bits per heavy atom. The summed E-state index contributed by atoms with van der Waals surface area (Å²) in [5.74, 6) is 0.403. The van der Waals surface area contributed by atoms with Gasteiger partial charge in [-0.25, -0.2) is 9.97 Å². The van der Waals surface area contributed by atoms with E-state index in [4.69, 9.17) is 11.6 Å². The Balaban J connectivity index is 1.94. The van der Waals surface area contributed by atoms with Crippen LogP contribution < -0.4 is 0 Å². The minimum atomic E-state index is -0.217. The predicted molar refractivity (Wildman–Crippen MR) is 95.2 cm³/mol. The average Bonchev–Trinajstić information content (AvgIpc) is 3.00. The van der Waals surface area contributed by atoms with Crippen molar-refractivity contribution in [3.63, 3.8) is 0 Å². The number of carbonyl (C=O) groups excluding carboxylic acids is 1. The molecule has 3 rings (SSSR count). The summed E-state index contributed by atoms with van der Waals surface area (Å²) < 4.78 is 4.67.